The molecular weight excluding hydrogens is 372 g/mol. The molecule has 24 heavy (non-hydrogen) atoms. The number of carbonyl (C=O) groups is 2. The summed E-state index contributed by atoms with van der Waals surface area (Å²) in [4.78, 5) is 23.9. The number of aryl methyl sites for hydroxylation is 1. The van der Waals surface area contributed by atoms with E-state index in [1.807, 2.05) is 25.1 Å². The molecule has 2 amide bonds. The topological polar surface area (TPSA) is 67.4 Å². The van der Waals surface area contributed by atoms with Crippen molar-refractivity contribution in [2.45, 2.75) is 20.0 Å². The van der Waals surface area contributed by atoms with Gasteiger partial charge in [-0.3, -0.25) is 9.59 Å². The van der Waals surface area contributed by atoms with Crippen LogP contribution in [-0.4, -0.2) is 25.0 Å². The molecular formula is C18H19BrN2O3. The SMILES string of the molecule is CNC(=O)c1cccc(NC(=O)C(C)Oc2ccc(C)cc2Br)c1. The van der Waals surface area contributed by atoms with E-state index in [2.05, 4.69) is 26.6 Å². The smallest absolute Gasteiger partial charge is 0.265 e. The van der Waals surface area contributed by atoms with E-state index in [1.54, 1.807) is 38.2 Å². The minimum atomic E-state index is -0.687. The number of halogens is 1. The fourth-order valence-electron chi connectivity index (χ4n) is 2.07. The van der Waals surface area contributed by atoms with Crippen molar-refractivity contribution >= 4 is 33.4 Å². The van der Waals surface area contributed by atoms with E-state index in [-0.39, 0.29) is 11.8 Å². The molecule has 0 aliphatic rings. The summed E-state index contributed by atoms with van der Waals surface area (Å²) in [5.41, 5.74) is 2.11. The standard InChI is InChI=1S/C18H19BrN2O3/c1-11-7-8-16(15(19)9-11)24-12(2)17(22)21-14-6-4-5-13(10-14)18(23)20-3/h4-10,12H,1-3H3,(H,20,23)(H,21,22). The quantitative estimate of drug-likeness (QED) is 0.820. The molecule has 0 aliphatic carbocycles. The number of hydrogen-bond acceptors (Lipinski definition) is 3. The number of nitrogens with one attached hydrogen (secondary N) is 2. The normalized spacial score (nSPS) is 11.5. The lowest BCUT2D eigenvalue weighted by atomic mass is 10.2. The lowest BCUT2D eigenvalue weighted by Crippen LogP contribution is -2.30. The van der Waals surface area contributed by atoms with Crippen LogP contribution < -0.4 is 15.4 Å². The van der Waals surface area contributed by atoms with Crippen LogP contribution in [0.2, 0.25) is 0 Å². The molecule has 6 heteroatoms. The molecule has 0 fully saturated rings. The van der Waals surface area contributed by atoms with Gasteiger partial charge in [0.2, 0.25) is 0 Å². The monoisotopic (exact) mass is 390 g/mol. The molecule has 0 aliphatic heterocycles. The second-order valence-corrected chi connectivity index (χ2v) is 6.20. The Labute approximate surface area is 149 Å². The molecule has 2 N–H and O–H groups in total. The summed E-state index contributed by atoms with van der Waals surface area (Å²) in [7, 11) is 1.56. The average Bonchev–Trinajstić information content (AvgIpc) is 2.56. The highest BCUT2D eigenvalue weighted by Crippen LogP contribution is 2.26. The molecule has 0 aromatic heterocycles. The number of benzene rings is 2. The third kappa shape index (κ3) is 4.58. The van der Waals surface area contributed by atoms with Crippen molar-refractivity contribution in [1.82, 2.24) is 5.32 Å². The summed E-state index contributed by atoms with van der Waals surface area (Å²) < 4.78 is 6.49. The van der Waals surface area contributed by atoms with Gasteiger partial charge in [0.15, 0.2) is 6.10 Å². The van der Waals surface area contributed by atoms with Crippen molar-refractivity contribution < 1.29 is 14.3 Å². The van der Waals surface area contributed by atoms with Crippen LogP contribution in [0, 0.1) is 6.92 Å². The first-order valence-electron chi connectivity index (χ1n) is 7.46. The number of rotatable bonds is 5. The Hall–Kier alpha value is -2.34. The summed E-state index contributed by atoms with van der Waals surface area (Å²) in [5, 5.41) is 5.30. The van der Waals surface area contributed by atoms with E-state index in [0.29, 0.717) is 17.0 Å². The Morgan fingerprint density at radius 2 is 1.92 bits per heavy atom. The summed E-state index contributed by atoms with van der Waals surface area (Å²) >= 11 is 3.42. The first-order chi connectivity index (χ1) is 11.4. The van der Waals surface area contributed by atoms with Gasteiger partial charge in [-0.05, 0) is 65.7 Å². The third-order valence-corrected chi connectivity index (χ3v) is 4.00. The van der Waals surface area contributed by atoms with Crippen LogP contribution in [0.1, 0.15) is 22.8 Å². The Balaban J connectivity index is 2.05. The molecule has 0 saturated heterocycles. The Morgan fingerprint density at radius 3 is 2.58 bits per heavy atom. The van der Waals surface area contributed by atoms with Crippen LogP contribution in [0.15, 0.2) is 46.9 Å². The Bertz CT molecular complexity index is 762. The van der Waals surface area contributed by atoms with Gasteiger partial charge < -0.3 is 15.4 Å². The highest BCUT2D eigenvalue weighted by molar-refractivity contribution is 9.10. The highest BCUT2D eigenvalue weighted by atomic mass is 79.9. The first-order valence-corrected chi connectivity index (χ1v) is 8.26. The molecule has 0 saturated carbocycles. The molecule has 1 atom stereocenters. The van der Waals surface area contributed by atoms with Crippen molar-refractivity contribution in [2.75, 3.05) is 12.4 Å². The molecule has 5 nitrogen and oxygen atoms in total. The van der Waals surface area contributed by atoms with Gasteiger partial charge in [0.25, 0.3) is 11.8 Å². The minimum Gasteiger partial charge on any atom is -0.480 e. The van der Waals surface area contributed by atoms with Crippen LogP contribution in [0.3, 0.4) is 0 Å². The third-order valence-electron chi connectivity index (χ3n) is 3.38. The number of carbonyl (C=O) groups excluding carboxylic acids is 2. The lowest BCUT2D eigenvalue weighted by molar-refractivity contribution is -0.122. The second kappa shape index (κ2) is 7.97. The molecule has 0 heterocycles. The average molecular weight is 391 g/mol. The molecule has 1 unspecified atom stereocenters. The lowest BCUT2D eigenvalue weighted by Gasteiger charge is -2.16. The van der Waals surface area contributed by atoms with E-state index < -0.39 is 6.10 Å². The molecule has 0 bridgehead atoms. The zero-order chi connectivity index (χ0) is 17.7. The van der Waals surface area contributed by atoms with Gasteiger partial charge >= 0.3 is 0 Å². The first kappa shape index (κ1) is 18.0. The van der Waals surface area contributed by atoms with Gasteiger partial charge in [-0.15, -0.1) is 0 Å². The van der Waals surface area contributed by atoms with E-state index in [0.717, 1.165) is 10.0 Å². The van der Waals surface area contributed by atoms with Crippen LogP contribution in [0.4, 0.5) is 5.69 Å². The van der Waals surface area contributed by atoms with Crippen molar-refractivity contribution in [3.05, 3.63) is 58.1 Å². The van der Waals surface area contributed by atoms with Gasteiger partial charge in [-0.25, -0.2) is 0 Å². The fourth-order valence-corrected chi connectivity index (χ4v) is 2.66. The highest BCUT2D eigenvalue weighted by Gasteiger charge is 2.16. The Kier molecular flexibility index (Phi) is 5.98. The predicted molar refractivity (Wildman–Crippen MR) is 97.4 cm³/mol. The Morgan fingerprint density at radius 1 is 1.17 bits per heavy atom. The number of hydrogen-bond donors (Lipinski definition) is 2. The van der Waals surface area contributed by atoms with Crippen molar-refractivity contribution in [3.8, 4) is 5.75 Å². The number of anilines is 1. The van der Waals surface area contributed by atoms with E-state index in [9.17, 15) is 9.59 Å². The summed E-state index contributed by atoms with van der Waals surface area (Å²) in [5.74, 6) is 0.0953. The fraction of sp³-hybridized carbons (Fsp3) is 0.222. The molecule has 2 aromatic carbocycles. The van der Waals surface area contributed by atoms with Gasteiger partial charge in [0.05, 0.1) is 4.47 Å². The van der Waals surface area contributed by atoms with Gasteiger partial charge in [0.1, 0.15) is 5.75 Å². The van der Waals surface area contributed by atoms with E-state index >= 15 is 0 Å². The second-order valence-electron chi connectivity index (χ2n) is 5.34. The summed E-state index contributed by atoms with van der Waals surface area (Å²) in [6, 6.07) is 12.4. The predicted octanol–water partition coefficient (Wildman–Crippen LogP) is 3.52. The summed E-state index contributed by atoms with van der Waals surface area (Å²) in [6.45, 7) is 3.65. The molecule has 0 radical (unpaired) electrons. The van der Waals surface area contributed by atoms with Crippen molar-refractivity contribution in [2.24, 2.45) is 0 Å². The van der Waals surface area contributed by atoms with Crippen molar-refractivity contribution in [1.29, 1.82) is 0 Å². The maximum Gasteiger partial charge on any atom is 0.265 e. The maximum absolute atomic E-state index is 12.3. The van der Waals surface area contributed by atoms with Crippen LogP contribution in [-0.2, 0) is 4.79 Å². The van der Waals surface area contributed by atoms with Crippen LogP contribution in [0.25, 0.3) is 0 Å². The van der Waals surface area contributed by atoms with Gasteiger partial charge in [0, 0.05) is 18.3 Å². The van der Waals surface area contributed by atoms with E-state index in [1.165, 1.54) is 0 Å². The number of ether oxygens (including phenoxy) is 1. The minimum absolute atomic E-state index is 0.209. The molecule has 2 aromatic rings. The molecule has 2 rings (SSSR count). The summed E-state index contributed by atoms with van der Waals surface area (Å²) in [6.07, 6.45) is -0.687. The van der Waals surface area contributed by atoms with E-state index in [4.69, 9.17) is 4.74 Å². The van der Waals surface area contributed by atoms with Gasteiger partial charge in [-0.2, -0.15) is 0 Å². The van der Waals surface area contributed by atoms with Crippen LogP contribution >= 0.6 is 15.9 Å². The largest absolute Gasteiger partial charge is 0.480 e. The van der Waals surface area contributed by atoms with Gasteiger partial charge in [-0.1, -0.05) is 12.1 Å². The number of amides is 2. The maximum atomic E-state index is 12.3. The molecule has 126 valence electrons. The van der Waals surface area contributed by atoms with Crippen molar-refractivity contribution in [3.63, 3.8) is 0 Å². The molecule has 0 spiro atoms. The zero-order valence-electron chi connectivity index (χ0n) is 13.7. The van der Waals surface area contributed by atoms with Crippen LogP contribution in [0.5, 0.6) is 5.75 Å². The zero-order valence-corrected chi connectivity index (χ0v) is 15.3.